The van der Waals surface area contributed by atoms with Gasteiger partial charge in [0.25, 0.3) is 5.91 Å². The minimum Gasteiger partial charge on any atom is -0.477 e. The normalized spacial score (nSPS) is 24.1. The minimum atomic E-state index is -1.00. The number of likely N-dealkylation sites (tertiary alicyclic amines) is 1. The van der Waals surface area contributed by atoms with E-state index in [0.29, 0.717) is 66.3 Å². The van der Waals surface area contributed by atoms with E-state index in [1.54, 1.807) is 23.0 Å². The SMILES string of the molecule is Cc1cc2cc(n1)-c1cnn(C)c1OC[C@H]1CC[C@H](C1)Cn1c(nc3ccc(N4CC5(CCN(C6CCN(c7cc(F)c([C@H]8CCC(=O)NC8=O)c(F)c7)CC6)CC5)C4)cc31)NC2=O. The maximum absolute atomic E-state index is 15.3. The van der Waals surface area contributed by atoms with Crippen LogP contribution in [0.4, 0.5) is 26.1 Å². The number of carbonyl (C=O) groups is 3. The Kier molecular flexibility index (Phi) is 10.2. The Bertz CT molecular complexity index is 2650. The number of piperidine rings is 3. The Balaban J connectivity index is 0.744. The predicted molar refractivity (Wildman–Crippen MR) is 237 cm³/mol. The monoisotopic (exact) mass is 872 g/mol. The molecule has 64 heavy (non-hydrogen) atoms. The van der Waals surface area contributed by atoms with Crippen molar-refractivity contribution >= 4 is 46.1 Å². The summed E-state index contributed by atoms with van der Waals surface area (Å²) in [5.74, 6) is -1.71. The number of hydrogen-bond acceptors (Lipinski definition) is 10. The van der Waals surface area contributed by atoms with Gasteiger partial charge in [0.1, 0.15) is 11.6 Å². The van der Waals surface area contributed by atoms with Gasteiger partial charge in [-0.3, -0.25) is 30.0 Å². The number of imide groups is 1. The van der Waals surface area contributed by atoms with Gasteiger partial charge in [0, 0.05) is 85.8 Å². The van der Waals surface area contributed by atoms with Crippen LogP contribution in [-0.4, -0.2) is 98.9 Å². The highest BCUT2D eigenvalue weighted by Crippen LogP contribution is 2.45. The molecule has 0 unspecified atom stereocenters. The fourth-order valence-electron chi connectivity index (χ4n) is 11.6. The van der Waals surface area contributed by atoms with E-state index in [1.807, 2.05) is 18.9 Å². The summed E-state index contributed by atoms with van der Waals surface area (Å²) < 4.78 is 41.0. The van der Waals surface area contributed by atoms with Crippen LogP contribution in [0.2, 0.25) is 0 Å². The molecule has 3 amide bonds. The molecule has 3 atom stereocenters. The Hall–Kier alpha value is -5.90. The molecule has 2 aromatic carbocycles. The Morgan fingerprint density at radius 2 is 1.59 bits per heavy atom. The lowest BCUT2D eigenvalue weighted by Gasteiger charge is -2.56. The van der Waals surface area contributed by atoms with E-state index in [-0.39, 0.29) is 29.7 Å². The van der Waals surface area contributed by atoms with E-state index in [1.165, 1.54) is 17.8 Å². The van der Waals surface area contributed by atoms with Crippen LogP contribution < -0.4 is 25.2 Å². The van der Waals surface area contributed by atoms with E-state index in [2.05, 4.69) is 48.3 Å². The summed E-state index contributed by atoms with van der Waals surface area (Å²) in [4.78, 5) is 54.8. The second-order valence-electron chi connectivity index (χ2n) is 19.3. The summed E-state index contributed by atoms with van der Waals surface area (Å²) in [6.07, 6.45) is 9.18. The van der Waals surface area contributed by atoms with Crippen LogP contribution in [0.5, 0.6) is 5.88 Å². The average Bonchev–Trinajstić information content (AvgIpc) is 3.98. The van der Waals surface area contributed by atoms with Crippen molar-refractivity contribution in [1.29, 1.82) is 0 Å². The molecular formula is C48H54F2N10O4. The topological polar surface area (TPSA) is 143 Å². The number of carbonyl (C=O) groups excluding carboxylic acids is 3. The summed E-state index contributed by atoms with van der Waals surface area (Å²) >= 11 is 0. The fraction of sp³-hybridized carbons (Fsp3) is 0.500. The van der Waals surface area contributed by atoms with E-state index < -0.39 is 29.4 Å². The molecule has 5 aromatic rings. The van der Waals surface area contributed by atoms with E-state index in [0.717, 1.165) is 100.0 Å². The van der Waals surface area contributed by atoms with Gasteiger partial charge in [-0.05, 0) is 126 Å². The molecule has 8 heterocycles. The van der Waals surface area contributed by atoms with Crippen LogP contribution >= 0.6 is 0 Å². The number of halogens is 2. The Morgan fingerprint density at radius 3 is 2.36 bits per heavy atom. The zero-order valence-corrected chi connectivity index (χ0v) is 36.4. The third kappa shape index (κ3) is 7.46. The second-order valence-corrected chi connectivity index (χ2v) is 19.3. The number of fused-ring (bicyclic) bond motifs is 9. The summed E-state index contributed by atoms with van der Waals surface area (Å²) in [6.45, 7) is 8.72. The van der Waals surface area contributed by atoms with Crippen molar-refractivity contribution in [2.24, 2.45) is 24.3 Å². The van der Waals surface area contributed by atoms with Crippen LogP contribution in [0.3, 0.4) is 0 Å². The van der Waals surface area contributed by atoms with Crippen molar-refractivity contribution in [3.05, 3.63) is 77.1 Å². The number of nitrogens with one attached hydrogen (secondary N) is 2. The number of pyridine rings is 1. The van der Waals surface area contributed by atoms with Gasteiger partial charge >= 0.3 is 0 Å². The molecule has 334 valence electrons. The van der Waals surface area contributed by atoms with Crippen molar-refractivity contribution in [1.82, 2.24) is 34.5 Å². The highest BCUT2D eigenvalue weighted by Gasteiger charge is 2.46. The van der Waals surface area contributed by atoms with Gasteiger partial charge in [0.2, 0.25) is 23.6 Å². The van der Waals surface area contributed by atoms with E-state index >= 15 is 8.78 Å². The molecule has 3 aromatic heterocycles. The number of ether oxygens (including phenoxy) is 1. The maximum atomic E-state index is 15.3. The number of imidazole rings is 1. The molecular weight excluding hydrogens is 819 g/mol. The molecule has 5 fully saturated rings. The first kappa shape index (κ1) is 40.8. The Labute approximate surface area is 370 Å². The smallest absolute Gasteiger partial charge is 0.258 e. The van der Waals surface area contributed by atoms with Crippen molar-refractivity contribution in [2.75, 3.05) is 61.0 Å². The van der Waals surface area contributed by atoms with Crippen molar-refractivity contribution in [3.63, 3.8) is 0 Å². The molecule has 6 aliphatic rings. The van der Waals surface area contributed by atoms with Gasteiger partial charge in [-0.2, -0.15) is 5.10 Å². The highest BCUT2D eigenvalue weighted by molar-refractivity contribution is 6.05. The number of amides is 3. The Morgan fingerprint density at radius 1 is 0.828 bits per heavy atom. The van der Waals surface area contributed by atoms with Gasteiger partial charge in [0.05, 0.1) is 41.0 Å². The van der Waals surface area contributed by atoms with Gasteiger partial charge in [0.15, 0.2) is 0 Å². The first-order valence-corrected chi connectivity index (χ1v) is 23.0. The van der Waals surface area contributed by atoms with Crippen molar-refractivity contribution < 1.29 is 27.9 Å². The van der Waals surface area contributed by atoms with Crippen molar-refractivity contribution in [2.45, 2.75) is 83.2 Å². The molecule has 5 aliphatic heterocycles. The summed E-state index contributed by atoms with van der Waals surface area (Å²) in [5, 5.41) is 9.86. The van der Waals surface area contributed by atoms with Crippen LogP contribution in [0.15, 0.2) is 48.7 Å². The summed E-state index contributed by atoms with van der Waals surface area (Å²) in [6, 6.07) is 13.2. The lowest BCUT2D eigenvalue weighted by molar-refractivity contribution is -0.134. The standard InChI is InChI=1S/C48H54F2N10O4/c1-28-17-31-19-40(52-28)36-23-51-56(2)46(36)64-25-30-4-3-29(18-30)24-60-41-22-33(5-7-39(41)53-47(60)55-44(31)62)59-26-48(27-59)11-15-58(16-12-48)32-9-13-57(14-10-32)34-20-37(49)43(38(50)21-34)35-6-8-42(61)54-45(35)63/h5,7,17,19-23,29-30,32,35H,3-4,6,8-16,18,24-27H2,1-2H3,(H,53,55,62)(H,54,61,63)/t29-,30+,35-/m1/s1. The molecule has 16 heteroatoms. The number of aromatic nitrogens is 5. The maximum Gasteiger partial charge on any atom is 0.258 e. The third-order valence-electron chi connectivity index (χ3n) is 15.2. The molecule has 0 radical (unpaired) electrons. The van der Waals surface area contributed by atoms with Gasteiger partial charge < -0.3 is 24.0 Å². The summed E-state index contributed by atoms with van der Waals surface area (Å²) in [5.41, 5.74) is 6.22. The molecule has 14 nitrogen and oxygen atoms in total. The van der Waals surface area contributed by atoms with Crippen LogP contribution in [0.1, 0.15) is 85.3 Å². The number of nitrogens with zero attached hydrogens (tertiary/aromatic N) is 8. The number of benzene rings is 2. The van der Waals surface area contributed by atoms with E-state index in [9.17, 15) is 14.4 Å². The quantitative estimate of drug-likeness (QED) is 0.191. The van der Waals surface area contributed by atoms with Crippen molar-refractivity contribution in [3.8, 4) is 17.1 Å². The fourth-order valence-corrected chi connectivity index (χ4v) is 11.6. The third-order valence-corrected chi connectivity index (χ3v) is 15.2. The zero-order chi connectivity index (χ0) is 43.9. The first-order valence-electron chi connectivity index (χ1n) is 23.0. The van der Waals surface area contributed by atoms with E-state index in [4.69, 9.17) is 14.7 Å². The second kappa shape index (κ2) is 16.0. The largest absolute Gasteiger partial charge is 0.477 e. The van der Waals surface area contributed by atoms with Gasteiger partial charge in [-0.1, -0.05) is 0 Å². The van der Waals surface area contributed by atoms with Gasteiger partial charge in [-0.15, -0.1) is 0 Å². The highest BCUT2D eigenvalue weighted by atomic mass is 19.1. The molecule has 1 aliphatic carbocycles. The number of anilines is 3. The van der Waals surface area contributed by atoms with Crippen LogP contribution in [0.25, 0.3) is 22.3 Å². The molecule has 2 N–H and O–H groups in total. The molecule has 4 bridgehead atoms. The predicted octanol–water partition coefficient (Wildman–Crippen LogP) is 6.57. The first-order chi connectivity index (χ1) is 31.0. The summed E-state index contributed by atoms with van der Waals surface area (Å²) in [7, 11) is 1.87. The molecule has 11 rings (SSSR count). The van der Waals surface area contributed by atoms with Crippen LogP contribution in [-0.2, 0) is 23.2 Å². The number of rotatable bonds is 4. The van der Waals surface area contributed by atoms with Crippen LogP contribution in [0, 0.1) is 35.8 Å². The van der Waals surface area contributed by atoms with Gasteiger partial charge in [-0.25, -0.2) is 18.4 Å². The zero-order valence-electron chi connectivity index (χ0n) is 36.4. The number of aryl methyl sites for hydroxylation is 2. The average molecular weight is 873 g/mol. The minimum absolute atomic E-state index is 0.0660. The lowest BCUT2D eigenvalue weighted by Crippen LogP contribution is -2.61. The molecule has 4 saturated heterocycles. The number of hydrogen-bond donors (Lipinski definition) is 2. The molecule has 1 saturated carbocycles. The lowest BCUT2D eigenvalue weighted by atomic mass is 9.71. The molecule has 1 spiro atoms.